The highest BCUT2D eigenvalue weighted by Gasteiger charge is 2.14. The molecule has 0 aliphatic heterocycles. The fourth-order valence-electron chi connectivity index (χ4n) is 1.57. The Bertz CT molecular complexity index is 424. The zero-order valence-electron chi connectivity index (χ0n) is 11.4. The molecule has 1 aromatic rings. The van der Waals surface area contributed by atoms with Crippen molar-refractivity contribution in [2.75, 3.05) is 12.3 Å². The van der Waals surface area contributed by atoms with E-state index in [1.807, 2.05) is 0 Å². The van der Waals surface area contributed by atoms with Crippen LogP contribution in [-0.2, 0) is 4.79 Å². The van der Waals surface area contributed by atoms with Gasteiger partial charge in [0.2, 0.25) is 0 Å². The van der Waals surface area contributed by atoms with Crippen molar-refractivity contribution in [2.24, 2.45) is 0 Å². The zero-order valence-corrected chi connectivity index (χ0v) is 12.2. The fourth-order valence-corrected chi connectivity index (χ4v) is 1.74. The molecule has 5 heteroatoms. The van der Waals surface area contributed by atoms with Crippen molar-refractivity contribution in [1.82, 2.24) is 5.32 Å². The quantitative estimate of drug-likeness (QED) is 0.597. The molecular weight excluding hydrogens is 264 g/mol. The average molecular weight is 285 g/mol. The van der Waals surface area contributed by atoms with Crippen molar-refractivity contribution in [1.29, 1.82) is 0 Å². The van der Waals surface area contributed by atoms with Crippen LogP contribution in [0, 0.1) is 0 Å². The lowest BCUT2D eigenvalue weighted by Crippen LogP contribution is -2.36. The number of hydrogen-bond donors (Lipinski definition) is 2. The van der Waals surface area contributed by atoms with E-state index in [0.717, 1.165) is 19.3 Å². The van der Waals surface area contributed by atoms with Gasteiger partial charge in [-0.3, -0.25) is 4.79 Å². The van der Waals surface area contributed by atoms with Crippen molar-refractivity contribution in [3.05, 3.63) is 23.2 Å². The molecule has 1 rings (SSSR count). The molecular formula is C14H21ClN2O2. The number of carbonyl (C=O) groups excluding carboxylic acids is 1. The number of rotatable bonds is 7. The second kappa shape index (κ2) is 7.89. The predicted molar refractivity (Wildman–Crippen MR) is 78.5 cm³/mol. The number of carbonyl (C=O) groups is 1. The van der Waals surface area contributed by atoms with Gasteiger partial charge in [-0.25, -0.2) is 0 Å². The lowest BCUT2D eigenvalue weighted by Gasteiger charge is -2.15. The number of nitrogen functional groups attached to an aromatic ring is 1. The van der Waals surface area contributed by atoms with Crippen LogP contribution >= 0.6 is 11.6 Å². The Labute approximate surface area is 119 Å². The van der Waals surface area contributed by atoms with E-state index in [-0.39, 0.29) is 5.91 Å². The van der Waals surface area contributed by atoms with Gasteiger partial charge < -0.3 is 15.8 Å². The standard InChI is InChI=1S/C14H21ClN2O2/c1-3-4-5-8-17-14(18)10(2)19-11-6-7-13(16)12(15)9-11/h6-7,9-10H,3-5,8,16H2,1-2H3,(H,17,18). The highest BCUT2D eigenvalue weighted by Crippen LogP contribution is 2.24. The number of halogens is 1. The minimum absolute atomic E-state index is 0.121. The highest BCUT2D eigenvalue weighted by atomic mass is 35.5. The third-order valence-electron chi connectivity index (χ3n) is 2.73. The first-order chi connectivity index (χ1) is 9.04. The van der Waals surface area contributed by atoms with Gasteiger partial charge in [-0.2, -0.15) is 0 Å². The summed E-state index contributed by atoms with van der Waals surface area (Å²) >= 11 is 5.89. The molecule has 1 atom stereocenters. The molecule has 1 amide bonds. The largest absolute Gasteiger partial charge is 0.481 e. The Morgan fingerprint density at radius 1 is 1.47 bits per heavy atom. The Hall–Kier alpha value is -1.42. The van der Waals surface area contributed by atoms with E-state index >= 15 is 0 Å². The fraction of sp³-hybridized carbons (Fsp3) is 0.500. The van der Waals surface area contributed by atoms with Gasteiger partial charge in [0, 0.05) is 12.6 Å². The van der Waals surface area contributed by atoms with Crippen molar-refractivity contribution in [3.63, 3.8) is 0 Å². The summed E-state index contributed by atoms with van der Waals surface area (Å²) in [6.07, 6.45) is 2.68. The van der Waals surface area contributed by atoms with Crippen LogP contribution in [0.4, 0.5) is 5.69 Å². The maximum absolute atomic E-state index is 11.8. The molecule has 4 nitrogen and oxygen atoms in total. The molecule has 0 heterocycles. The highest BCUT2D eigenvalue weighted by molar-refractivity contribution is 6.33. The molecule has 1 aromatic carbocycles. The summed E-state index contributed by atoms with van der Waals surface area (Å²) in [7, 11) is 0. The molecule has 0 fully saturated rings. The molecule has 0 aliphatic rings. The van der Waals surface area contributed by atoms with Gasteiger partial charge >= 0.3 is 0 Å². The van der Waals surface area contributed by atoms with E-state index in [1.165, 1.54) is 0 Å². The van der Waals surface area contributed by atoms with E-state index in [1.54, 1.807) is 25.1 Å². The van der Waals surface area contributed by atoms with Crippen LogP contribution in [0.2, 0.25) is 5.02 Å². The van der Waals surface area contributed by atoms with Crippen LogP contribution in [0.5, 0.6) is 5.75 Å². The molecule has 106 valence electrons. The van der Waals surface area contributed by atoms with Gasteiger partial charge in [-0.05, 0) is 25.5 Å². The van der Waals surface area contributed by atoms with Crippen LogP contribution in [0.15, 0.2) is 18.2 Å². The van der Waals surface area contributed by atoms with Crippen LogP contribution in [0.1, 0.15) is 33.1 Å². The van der Waals surface area contributed by atoms with Crippen molar-refractivity contribution in [3.8, 4) is 5.75 Å². The summed E-state index contributed by atoms with van der Waals surface area (Å²) in [5.74, 6) is 0.416. The number of nitrogens with two attached hydrogens (primary N) is 1. The molecule has 0 radical (unpaired) electrons. The lowest BCUT2D eigenvalue weighted by atomic mass is 10.2. The van der Waals surface area contributed by atoms with Gasteiger partial charge in [0.25, 0.3) is 5.91 Å². The summed E-state index contributed by atoms with van der Waals surface area (Å²) in [6, 6.07) is 4.96. The molecule has 1 unspecified atom stereocenters. The first-order valence-corrected chi connectivity index (χ1v) is 6.91. The van der Waals surface area contributed by atoms with Gasteiger partial charge in [0.05, 0.1) is 10.7 Å². The molecule has 3 N–H and O–H groups in total. The minimum atomic E-state index is -0.554. The first kappa shape index (κ1) is 15.6. The van der Waals surface area contributed by atoms with Crippen molar-refractivity contribution < 1.29 is 9.53 Å². The maximum atomic E-state index is 11.8. The van der Waals surface area contributed by atoms with E-state index < -0.39 is 6.10 Å². The normalized spacial score (nSPS) is 11.9. The SMILES string of the molecule is CCCCCNC(=O)C(C)Oc1ccc(N)c(Cl)c1. The van der Waals surface area contributed by atoms with Gasteiger partial charge in [0.15, 0.2) is 6.10 Å². The summed E-state index contributed by atoms with van der Waals surface area (Å²) in [4.78, 5) is 11.8. The van der Waals surface area contributed by atoms with Gasteiger partial charge in [-0.1, -0.05) is 31.4 Å². The van der Waals surface area contributed by atoms with Crippen LogP contribution in [0.3, 0.4) is 0 Å². The van der Waals surface area contributed by atoms with Gasteiger partial charge in [-0.15, -0.1) is 0 Å². The molecule has 0 aromatic heterocycles. The van der Waals surface area contributed by atoms with Crippen LogP contribution in [-0.4, -0.2) is 18.6 Å². The Balaban J connectivity index is 2.42. The molecule has 19 heavy (non-hydrogen) atoms. The van der Waals surface area contributed by atoms with Crippen molar-refractivity contribution in [2.45, 2.75) is 39.2 Å². The third-order valence-corrected chi connectivity index (χ3v) is 3.06. The number of ether oxygens (including phenoxy) is 1. The molecule has 0 bridgehead atoms. The summed E-state index contributed by atoms with van der Waals surface area (Å²) in [6.45, 7) is 4.51. The zero-order chi connectivity index (χ0) is 14.3. The number of hydrogen-bond acceptors (Lipinski definition) is 3. The monoisotopic (exact) mass is 284 g/mol. The number of unbranched alkanes of at least 4 members (excludes halogenated alkanes) is 2. The Morgan fingerprint density at radius 2 is 2.21 bits per heavy atom. The lowest BCUT2D eigenvalue weighted by molar-refractivity contribution is -0.127. The average Bonchev–Trinajstić information content (AvgIpc) is 2.38. The first-order valence-electron chi connectivity index (χ1n) is 6.54. The van der Waals surface area contributed by atoms with Crippen LogP contribution < -0.4 is 15.8 Å². The summed E-state index contributed by atoms with van der Waals surface area (Å²) in [5, 5.41) is 3.27. The smallest absolute Gasteiger partial charge is 0.260 e. The Kier molecular flexibility index (Phi) is 6.50. The number of anilines is 1. The summed E-state index contributed by atoms with van der Waals surface area (Å²) < 4.78 is 5.52. The predicted octanol–water partition coefficient (Wildman–Crippen LogP) is 3.00. The number of benzene rings is 1. The van der Waals surface area contributed by atoms with E-state index in [2.05, 4.69) is 12.2 Å². The number of nitrogens with one attached hydrogen (secondary N) is 1. The van der Waals surface area contributed by atoms with Crippen molar-refractivity contribution >= 4 is 23.2 Å². The summed E-state index contributed by atoms with van der Waals surface area (Å²) in [5.41, 5.74) is 6.10. The molecule has 0 saturated carbocycles. The Morgan fingerprint density at radius 3 is 2.84 bits per heavy atom. The number of amides is 1. The van der Waals surface area contributed by atoms with E-state index in [4.69, 9.17) is 22.1 Å². The second-order valence-corrected chi connectivity index (χ2v) is 4.85. The topological polar surface area (TPSA) is 64.3 Å². The molecule has 0 saturated heterocycles. The molecule has 0 aliphatic carbocycles. The minimum Gasteiger partial charge on any atom is -0.481 e. The van der Waals surface area contributed by atoms with Gasteiger partial charge in [0.1, 0.15) is 5.75 Å². The molecule has 0 spiro atoms. The van der Waals surface area contributed by atoms with E-state index in [9.17, 15) is 4.79 Å². The van der Waals surface area contributed by atoms with Crippen LogP contribution in [0.25, 0.3) is 0 Å². The maximum Gasteiger partial charge on any atom is 0.260 e. The third kappa shape index (κ3) is 5.39. The van der Waals surface area contributed by atoms with E-state index in [0.29, 0.717) is 23.0 Å². The second-order valence-electron chi connectivity index (χ2n) is 4.44.